The molecule has 1 nitrogen and oxygen atoms in total. The second-order valence-electron chi connectivity index (χ2n) is 4.00. The third-order valence-electron chi connectivity index (χ3n) is 2.73. The van der Waals surface area contributed by atoms with E-state index >= 15 is 0 Å². The minimum Gasteiger partial charge on any atom is -0.312 e. The van der Waals surface area contributed by atoms with E-state index in [2.05, 4.69) is 17.1 Å². The fourth-order valence-electron chi connectivity index (χ4n) is 1.84. The van der Waals surface area contributed by atoms with Crippen molar-refractivity contribution in [3.8, 4) is 0 Å². The Bertz CT molecular complexity index is 351. The zero-order chi connectivity index (χ0) is 11.4. The summed E-state index contributed by atoms with van der Waals surface area (Å²) in [5, 5.41) is 5.68. The molecule has 1 aliphatic rings. The molecule has 1 N–H and O–H groups in total. The molecule has 88 valence electrons. The van der Waals surface area contributed by atoms with Crippen LogP contribution in [0.4, 0.5) is 0 Å². The first-order valence-electron chi connectivity index (χ1n) is 5.52. The molecule has 0 bridgehead atoms. The van der Waals surface area contributed by atoms with Gasteiger partial charge in [-0.25, -0.2) is 0 Å². The van der Waals surface area contributed by atoms with E-state index in [9.17, 15) is 0 Å². The maximum atomic E-state index is 6.10. The Labute approximate surface area is 111 Å². The summed E-state index contributed by atoms with van der Waals surface area (Å²) in [5.41, 5.74) is 1.12. The van der Waals surface area contributed by atoms with Crippen LogP contribution in [0.1, 0.15) is 18.4 Å². The number of nitrogens with one attached hydrogen (secondary N) is 1. The van der Waals surface area contributed by atoms with Crippen molar-refractivity contribution in [3.05, 3.63) is 33.8 Å². The summed E-state index contributed by atoms with van der Waals surface area (Å²) in [6, 6.07) is 5.67. The first-order valence-corrected chi connectivity index (χ1v) is 7.32. The van der Waals surface area contributed by atoms with Crippen molar-refractivity contribution < 1.29 is 0 Å². The van der Waals surface area contributed by atoms with E-state index < -0.39 is 0 Å². The van der Waals surface area contributed by atoms with E-state index in [-0.39, 0.29) is 0 Å². The molecule has 1 unspecified atom stereocenters. The minimum absolute atomic E-state index is 0.695. The lowest BCUT2D eigenvalue weighted by Gasteiger charge is -2.11. The summed E-state index contributed by atoms with van der Waals surface area (Å²) in [4.78, 5) is 0. The number of halogens is 2. The maximum absolute atomic E-state index is 6.10. The van der Waals surface area contributed by atoms with Gasteiger partial charge in [0.2, 0.25) is 0 Å². The summed E-state index contributed by atoms with van der Waals surface area (Å²) in [5.74, 6) is 1.31. The fourth-order valence-corrected chi connectivity index (χ4v) is 3.55. The third-order valence-corrected chi connectivity index (χ3v) is 4.71. The van der Waals surface area contributed by atoms with Gasteiger partial charge >= 0.3 is 0 Å². The van der Waals surface area contributed by atoms with E-state index in [1.807, 2.05) is 12.1 Å². The quantitative estimate of drug-likeness (QED) is 0.892. The van der Waals surface area contributed by atoms with Gasteiger partial charge in [-0.3, -0.25) is 0 Å². The van der Waals surface area contributed by atoms with Crippen LogP contribution in [-0.4, -0.2) is 17.5 Å². The van der Waals surface area contributed by atoms with Gasteiger partial charge in [0.25, 0.3) is 0 Å². The molecule has 0 aliphatic carbocycles. The standard InChI is InChI=1S/C12H15Cl2NS/c13-10-4-3-9(12(14)6-10)7-15-8-11-2-1-5-16-11/h3-4,6,11,15H,1-2,5,7-8H2. The van der Waals surface area contributed by atoms with Crippen LogP contribution in [0.2, 0.25) is 10.0 Å². The highest BCUT2D eigenvalue weighted by Gasteiger charge is 2.14. The molecule has 1 atom stereocenters. The van der Waals surface area contributed by atoms with Crippen LogP contribution >= 0.6 is 35.0 Å². The molecule has 1 fully saturated rings. The molecule has 0 radical (unpaired) electrons. The maximum Gasteiger partial charge on any atom is 0.0465 e. The highest BCUT2D eigenvalue weighted by atomic mass is 35.5. The third kappa shape index (κ3) is 3.56. The van der Waals surface area contributed by atoms with E-state index in [0.29, 0.717) is 5.02 Å². The first-order chi connectivity index (χ1) is 7.75. The Morgan fingerprint density at radius 2 is 2.25 bits per heavy atom. The Morgan fingerprint density at radius 3 is 2.94 bits per heavy atom. The van der Waals surface area contributed by atoms with Crippen molar-refractivity contribution in [1.29, 1.82) is 0 Å². The summed E-state index contributed by atoms with van der Waals surface area (Å²) in [7, 11) is 0. The molecule has 1 aromatic carbocycles. The number of hydrogen-bond donors (Lipinski definition) is 1. The van der Waals surface area contributed by atoms with Crippen LogP contribution in [0.3, 0.4) is 0 Å². The van der Waals surface area contributed by atoms with E-state index in [1.54, 1.807) is 6.07 Å². The lowest BCUT2D eigenvalue weighted by molar-refractivity contribution is 0.646. The smallest absolute Gasteiger partial charge is 0.0465 e. The topological polar surface area (TPSA) is 12.0 Å². The Balaban J connectivity index is 1.80. The SMILES string of the molecule is Clc1ccc(CNCC2CCCS2)c(Cl)c1. The molecular formula is C12H15Cl2NS. The van der Waals surface area contributed by atoms with E-state index in [0.717, 1.165) is 28.9 Å². The van der Waals surface area contributed by atoms with Crippen LogP contribution in [0, 0.1) is 0 Å². The minimum atomic E-state index is 0.695. The molecule has 1 aliphatic heterocycles. The van der Waals surface area contributed by atoms with Gasteiger partial charge in [0.15, 0.2) is 0 Å². The molecule has 1 saturated heterocycles. The van der Waals surface area contributed by atoms with Gasteiger partial charge < -0.3 is 5.32 Å². The Hall–Kier alpha value is 0.110. The van der Waals surface area contributed by atoms with Crippen LogP contribution < -0.4 is 5.32 Å². The van der Waals surface area contributed by atoms with Gasteiger partial charge in [-0.15, -0.1) is 0 Å². The normalized spacial score (nSPS) is 20.2. The molecule has 2 rings (SSSR count). The average molecular weight is 276 g/mol. The predicted octanol–water partition coefficient (Wildman–Crippen LogP) is 3.98. The molecule has 1 aromatic rings. The zero-order valence-corrected chi connectivity index (χ0v) is 11.3. The van der Waals surface area contributed by atoms with Crippen LogP contribution in [0.5, 0.6) is 0 Å². The fraction of sp³-hybridized carbons (Fsp3) is 0.500. The predicted molar refractivity (Wildman–Crippen MR) is 73.6 cm³/mol. The van der Waals surface area contributed by atoms with Gasteiger partial charge in [0, 0.05) is 28.4 Å². The molecule has 4 heteroatoms. The van der Waals surface area contributed by atoms with Crippen molar-refractivity contribution in [2.45, 2.75) is 24.6 Å². The molecule has 1 heterocycles. The van der Waals surface area contributed by atoms with Crippen LogP contribution in [-0.2, 0) is 6.54 Å². The van der Waals surface area contributed by atoms with Crippen molar-refractivity contribution in [1.82, 2.24) is 5.32 Å². The molecule has 16 heavy (non-hydrogen) atoms. The summed E-state index contributed by atoms with van der Waals surface area (Å²) >= 11 is 14.0. The van der Waals surface area contributed by atoms with Crippen LogP contribution in [0.25, 0.3) is 0 Å². The molecule has 0 aromatic heterocycles. The molecule has 0 spiro atoms. The van der Waals surface area contributed by atoms with Crippen molar-refractivity contribution in [3.63, 3.8) is 0 Å². The van der Waals surface area contributed by atoms with Crippen molar-refractivity contribution in [2.24, 2.45) is 0 Å². The summed E-state index contributed by atoms with van der Waals surface area (Å²) in [6.07, 6.45) is 2.70. The number of hydrogen-bond acceptors (Lipinski definition) is 2. The Kier molecular flexibility index (Phi) is 4.83. The molecule has 0 saturated carbocycles. The average Bonchev–Trinajstić information content (AvgIpc) is 2.74. The first kappa shape index (κ1) is 12.6. The van der Waals surface area contributed by atoms with Crippen molar-refractivity contribution >= 4 is 35.0 Å². The van der Waals surface area contributed by atoms with E-state index in [1.165, 1.54) is 18.6 Å². The van der Waals surface area contributed by atoms with Gasteiger partial charge in [-0.05, 0) is 36.3 Å². The highest BCUT2D eigenvalue weighted by molar-refractivity contribution is 8.00. The lowest BCUT2D eigenvalue weighted by atomic mass is 10.2. The lowest BCUT2D eigenvalue weighted by Crippen LogP contribution is -2.22. The van der Waals surface area contributed by atoms with Gasteiger partial charge in [-0.2, -0.15) is 11.8 Å². The second kappa shape index (κ2) is 6.15. The van der Waals surface area contributed by atoms with Gasteiger partial charge in [0.05, 0.1) is 0 Å². The number of benzene rings is 1. The molecular weight excluding hydrogens is 261 g/mol. The zero-order valence-electron chi connectivity index (χ0n) is 9.01. The van der Waals surface area contributed by atoms with Crippen LogP contribution in [0.15, 0.2) is 18.2 Å². The van der Waals surface area contributed by atoms with Gasteiger partial charge in [0.1, 0.15) is 0 Å². The molecule has 0 amide bonds. The van der Waals surface area contributed by atoms with E-state index in [4.69, 9.17) is 23.2 Å². The number of rotatable bonds is 4. The monoisotopic (exact) mass is 275 g/mol. The highest BCUT2D eigenvalue weighted by Crippen LogP contribution is 2.25. The van der Waals surface area contributed by atoms with Crippen molar-refractivity contribution in [2.75, 3.05) is 12.3 Å². The number of thioether (sulfide) groups is 1. The summed E-state index contributed by atoms with van der Waals surface area (Å²) in [6.45, 7) is 1.90. The second-order valence-corrected chi connectivity index (χ2v) is 6.25. The Morgan fingerprint density at radius 1 is 1.38 bits per heavy atom. The summed E-state index contributed by atoms with van der Waals surface area (Å²) < 4.78 is 0. The largest absolute Gasteiger partial charge is 0.312 e. The van der Waals surface area contributed by atoms with Gasteiger partial charge in [-0.1, -0.05) is 29.3 Å².